The highest BCUT2D eigenvalue weighted by Crippen LogP contribution is 2.39. The molecule has 1 aliphatic carbocycles. The van der Waals surface area contributed by atoms with Crippen molar-refractivity contribution >= 4 is 5.97 Å². The Bertz CT molecular complexity index is 238. The van der Waals surface area contributed by atoms with E-state index in [4.69, 9.17) is 0 Å². The summed E-state index contributed by atoms with van der Waals surface area (Å²) in [5.74, 6) is 0.485. The molecule has 0 radical (unpaired) electrons. The summed E-state index contributed by atoms with van der Waals surface area (Å²) in [6.45, 7) is 4.39. The minimum absolute atomic E-state index is 0.553. The lowest BCUT2D eigenvalue weighted by Crippen LogP contribution is -2.54. The summed E-state index contributed by atoms with van der Waals surface area (Å²) in [5.41, 5.74) is -0.618. The van der Waals surface area contributed by atoms with E-state index >= 15 is 0 Å². The van der Waals surface area contributed by atoms with E-state index < -0.39 is 11.5 Å². The quantitative estimate of drug-likeness (QED) is 0.781. The van der Waals surface area contributed by atoms with Crippen molar-refractivity contribution in [2.45, 2.75) is 45.1 Å². The van der Waals surface area contributed by atoms with Crippen LogP contribution < -0.4 is 0 Å². The number of carbonyl (C=O) groups is 1. The number of hydrogen-bond acceptors (Lipinski definition) is 2. The number of nitrogens with zero attached hydrogens (tertiary/aromatic N) is 1. The third-order valence-electron chi connectivity index (χ3n) is 3.96. The molecule has 0 bridgehead atoms. The SMILES string of the molecule is CC(C)C1CCCC(C(=O)O)(N(C)C)C1. The third-order valence-corrected chi connectivity index (χ3v) is 3.96. The molecule has 3 heteroatoms. The zero-order chi connectivity index (χ0) is 11.6. The van der Waals surface area contributed by atoms with Gasteiger partial charge < -0.3 is 5.11 Å². The first-order valence-corrected chi connectivity index (χ1v) is 5.81. The van der Waals surface area contributed by atoms with Gasteiger partial charge in [-0.25, -0.2) is 0 Å². The molecular formula is C12H23NO2. The van der Waals surface area contributed by atoms with E-state index in [1.807, 2.05) is 19.0 Å². The summed E-state index contributed by atoms with van der Waals surface area (Å²) < 4.78 is 0. The Morgan fingerprint density at radius 3 is 2.47 bits per heavy atom. The van der Waals surface area contributed by atoms with Gasteiger partial charge >= 0.3 is 5.97 Å². The number of carboxylic acid groups (broad SMARTS) is 1. The van der Waals surface area contributed by atoms with E-state index in [-0.39, 0.29) is 0 Å². The van der Waals surface area contributed by atoms with E-state index in [0.717, 1.165) is 19.3 Å². The van der Waals surface area contributed by atoms with Gasteiger partial charge in [-0.15, -0.1) is 0 Å². The molecule has 0 saturated heterocycles. The lowest BCUT2D eigenvalue weighted by atomic mass is 9.71. The summed E-state index contributed by atoms with van der Waals surface area (Å²) in [6.07, 6.45) is 3.80. The van der Waals surface area contributed by atoms with Gasteiger partial charge in [-0.3, -0.25) is 9.69 Å². The van der Waals surface area contributed by atoms with Crippen LogP contribution in [-0.4, -0.2) is 35.6 Å². The number of carboxylic acids is 1. The maximum absolute atomic E-state index is 11.4. The molecular weight excluding hydrogens is 190 g/mol. The average Bonchev–Trinajstić information content (AvgIpc) is 2.17. The third kappa shape index (κ3) is 2.33. The van der Waals surface area contributed by atoms with Crippen molar-refractivity contribution < 1.29 is 9.90 Å². The molecule has 2 unspecified atom stereocenters. The van der Waals surface area contributed by atoms with Gasteiger partial charge in [0.05, 0.1) is 0 Å². The van der Waals surface area contributed by atoms with Crippen molar-refractivity contribution in [3.8, 4) is 0 Å². The maximum Gasteiger partial charge on any atom is 0.324 e. The van der Waals surface area contributed by atoms with Gasteiger partial charge in [0.15, 0.2) is 0 Å². The van der Waals surface area contributed by atoms with E-state index in [2.05, 4.69) is 13.8 Å². The Morgan fingerprint density at radius 1 is 1.47 bits per heavy atom. The topological polar surface area (TPSA) is 40.5 Å². The van der Waals surface area contributed by atoms with Crippen LogP contribution in [0.2, 0.25) is 0 Å². The molecule has 0 aromatic rings. The highest BCUT2D eigenvalue weighted by atomic mass is 16.4. The molecule has 2 atom stereocenters. The fraction of sp³-hybridized carbons (Fsp3) is 0.917. The maximum atomic E-state index is 11.4. The first kappa shape index (κ1) is 12.5. The zero-order valence-electron chi connectivity index (χ0n) is 10.3. The lowest BCUT2D eigenvalue weighted by Gasteiger charge is -2.43. The molecule has 1 N–H and O–H groups in total. The molecule has 0 aromatic carbocycles. The van der Waals surface area contributed by atoms with Crippen LogP contribution in [0, 0.1) is 11.8 Å². The van der Waals surface area contributed by atoms with E-state index in [9.17, 15) is 9.90 Å². The fourth-order valence-electron chi connectivity index (χ4n) is 2.66. The Hall–Kier alpha value is -0.570. The molecule has 1 fully saturated rings. The van der Waals surface area contributed by atoms with Crippen LogP contribution in [0.1, 0.15) is 39.5 Å². The van der Waals surface area contributed by atoms with Crippen molar-refractivity contribution in [1.29, 1.82) is 0 Å². The van der Waals surface area contributed by atoms with Crippen molar-refractivity contribution in [2.75, 3.05) is 14.1 Å². The Labute approximate surface area is 92.5 Å². The van der Waals surface area contributed by atoms with Crippen molar-refractivity contribution in [3.05, 3.63) is 0 Å². The molecule has 15 heavy (non-hydrogen) atoms. The number of likely N-dealkylation sites (N-methyl/N-ethyl adjacent to an activating group) is 1. The van der Waals surface area contributed by atoms with Crippen LogP contribution >= 0.6 is 0 Å². The van der Waals surface area contributed by atoms with Crippen LogP contribution in [0.4, 0.5) is 0 Å². The van der Waals surface area contributed by atoms with E-state index in [1.54, 1.807) is 0 Å². The summed E-state index contributed by atoms with van der Waals surface area (Å²) in [6, 6.07) is 0. The first-order valence-electron chi connectivity index (χ1n) is 5.81. The minimum atomic E-state index is -0.655. The van der Waals surface area contributed by atoms with Gasteiger partial charge in [-0.1, -0.05) is 26.7 Å². The average molecular weight is 213 g/mol. The molecule has 88 valence electrons. The first-order chi connectivity index (χ1) is 6.90. The molecule has 0 amide bonds. The Kier molecular flexibility index (Phi) is 3.77. The van der Waals surface area contributed by atoms with Gasteiger partial charge in [0, 0.05) is 0 Å². The normalized spacial score (nSPS) is 32.3. The van der Waals surface area contributed by atoms with Crippen LogP contribution in [0.15, 0.2) is 0 Å². The second kappa shape index (κ2) is 4.52. The van der Waals surface area contributed by atoms with Gasteiger partial charge in [-0.05, 0) is 38.8 Å². The summed E-state index contributed by atoms with van der Waals surface area (Å²) in [5, 5.41) is 9.42. The van der Waals surface area contributed by atoms with E-state index in [0.29, 0.717) is 11.8 Å². The zero-order valence-corrected chi connectivity index (χ0v) is 10.3. The van der Waals surface area contributed by atoms with Crippen LogP contribution in [0.25, 0.3) is 0 Å². The fourth-order valence-corrected chi connectivity index (χ4v) is 2.66. The molecule has 0 aromatic heterocycles. The second-order valence-corrected chi connectivity index (χ2v) is 5.33. The molecule has 0 aliphatic heterocycles. The summed E-state index contributed by atoms with van der Waals surface area (Å²) in [4.78, 5) is 13.3. The second-order valence-electron chi connectivity index (χ2n) is 5.33. The van der Waals surface area contributed by atoms with Gasteiger partial charge in [0.25, 0.3) is 0 Å². The largest absolute Gasteiger partial charge is 0.480 e. The molecule has 0 heterocycles. The highest BCUT2D eigenvalue weighted by molar-refractivity contribution is 5.78. The molecule has 1 aliphatic rings. The van der Waals surface area contributed by atoms with Crippen molar-refractivity contribution in [1.82, 2.24) is 4.90 Å². The van der Waals surface area contributed by atoms with Gasteiger partial charge in [0.1, 0.15) is 5.54 Å². The molecule has 0 spiro atoms. The number of hydrogen-bond donors (Lipinski definition) is 1. The predicted octanol–water partition coefficient (Wildman–Crippen LogP) is 2.22. The number of rotatable bonds is 3. The van der Waals surface area contributed by atoms with Gasteiger partial charge in [-0.2, -0.15) is 0 Å². The minimum Gasteiger partial charge on any atom is -0.480 e. The number of aliphatic carboxylic acids is 1. The van der Waals surface area contributed by atoms with Crippen molar-refractivity contribution in [2.24, 2.45) is 11.8 Å². The van der Waals surface area contributed by atoms with Crippen molar-refractivity contribution in [3.63, 3.8) is 0 Å². The van der Waals surface area contributed by atoms with Gasteiger partial charge in [0.2, 0.25) is 0 Å². The molecule has 3 nitrogen and oxygen atoms in total. The van der Waals surface area contributed by atoms with Crippen LogP contribution in [0.3, 0.4) is 0 Å². The smallest absolute Gasteiger partial charge is 0.324 e. The lowest BCUT2D eigenvalue weighted by molar-refractivity contribution is -0.153. The predicted molar refractivity (Wildman–Crippen MR) is 60.8 cm³/mol. The molecule has 1 saturated carbocycles. The van der Waals surface area contributed by atoms with Crippen LogP contribution in [0.5, 0.6) is 0 Å². The molecule has 1 rings (SSSR count). The van der Waals surface area contributed by atoms with E-state index in [1.165, 1.54) is 6.42 Å². The van der Waals surface area contributed by atoms with Crippen LogP contribution in [-0.2, 0) is 4.79 Å². The standard InChI is InChI=1S/C12H23NO2/c1-9(2)10-6-5-7-12(8-10,11(14)15)13(3)4/h9-10H,5-8H2,1-4H3,(H,14,15). The summed E-state index contributed by atoms with van der Waals surface area (Å²) in [7, 11) is 3.77. The Morgan fingerprint density at radius 2 is 2.07 bits per heavy atom. The highest BCUT2D eigenvalue weighted by Gasteiger charge is 2.45. The summed E-state index contributed by atoms with van der Waals surface area (Å²) >= 11 is 0. The Balaban J connectivity index is 2.85. The monoisotopic (exact) mass is 213 g/mol.